The Labute approximate surface area is 185 Å². The number of benzene rings is 1. The largest absolute Gasteiger partial charge is 0.466 e. The number of methoxy groups -OCH3 is 1. The Morgan fingerprint density at radius 2 is 1.94 bits per heavy atom. The summed E-state index contributed by atoms with van der Waals surface area (Å²) >= 11 is 6.44. The van der Waals surface area contributed by atoms with Crippen molar-refractivity contribution in [1.82, 2.24) is 14.5 Å². The van der Waals surface area contributed by atoms with Crippen LogP contribution in [0.4, 0.5) is 4.39 Å². The minimum Gasteiger partial charge on any atom is -0.466 e. The predicted molar refractivity (Wildman–Crippen MR) is 117 cm³/mol. The molecule has 0 radical (unpaired) electrons. The topological polar surface area (TPSA) is 58.4 Å². The zero-order valence-corrected chi connectivity index (χ0v) is 18.6. The van der Waals surface area contributed by atoms with Crippen molar-refractivity contribution >= 4 is 11.6 Å². The average Bonchev–Trinajstić information content (AvgIpc) is 2.95. The van der Waals surface area contributed by atoms with E-state index < -0.39 is 12.8 Å². The monoisotopic (exact) mass is 445 g/mol. The molecule has 31 heavy (non-hydrogen) atoms. The van der Waals surface area contributed by atoms with Gasteiger partial charge in [0.2, 0.25) is 0 Å². The summed E-state index contributed by atoms with van der Waals surface area (Å²) in [5, 5.41) is 0.455. The lowest BCUT2D eigenvalue weighted by molar-refractivity contribution is 0.0355. The number of aryl methyl sites for hydroxylation is 2. The molecule has 0 amide bonds. The second-order valence-electron chi connectivity index (χ2n) is 7.57. The first-order valence-electron chi connectivity index (χ1n) is 10.1. The predicted octanol–water partition coefficient (Wildman–Crippen LogP) is 4.78. The third kappa shape index (κ3) is 4.59. The molecule has 0 N–H and O–H groups in total. The molecule has 2 aromatic heterocycles. The van der Waals surface area contributed by atoms with Crippen LogP contribution in [0.25, 0.3) is 22.6 Å². The van der Waals surface area contributed by atoms with Gasteiger partial charge in [0, 0.05) is 41.7 Å². The van der Waals surface area contributed by atoms with Gasteiger partial charge in [-0.1, -0.05) is 11.6 Å². The van der Waals surface area contributed by atoms with Crippen LogP contribution in [0.15, 0.2) is 30.3 Å². The third-order valence-corrected chi connectivity index (χ3v) is 5.50. The molecule has 3 aromatic rings. The SMILES string of the molecule is COCOc1ccc(-c2nc(-c3cc(C)nc(C)c3)c3n2CC(CF)OCC3)cc1Cl. The first-order chi connectivity index (χ1) is 15.0. The van der Waals surface area contributed by atoms with Crippen molar-refractivity contribution in [1.29, 1.82) is 0 Å². The van der Waals surface area contributed by atoms with Crippen LogP contribution in [0.1, 0.15) is 17.1 Å². The number of alkyl halides is 1. The van der Waals surface area contributed by atoms with E-state index in [1.807, 2.05) is 38.1 Å². The Balaban J connectivity index is 1.84. The molecular weight excluding hydrogens is 421 g/mol. The third-order valence-electron chi connectivity index (χ3n) is 5.20. The van der Waals surface area contributed by atoms with E-state index in [1.54, 1.807) is 13.2 Å². The van der Waals surface area contributed by atoms with Crippen LogP contribution in [0.2, 0.25) is 5.02 Å². The number of hydrogen-bond donors (Lipinski definition) is 0. The van der Waals surface area contributed by atoms with Gasteiger partial charge in [-0.25, -0.2) is 9.37 Å². The summed E-state index contributed by atoms with van der Waals surface area (Å²) in [4.78, 5) is 9.47. The van der Waals surface area contributed by atoms with E-state index in [4.69, 9.17) is 30.8 Å². The number of aromatic nitrogens is 3. The normalized spacial score (nSPS) is 16.1. The summed E-state index contributed by atoms with van der Waals surface area (Å²) in [7, 11) is 1.55. The zero-order valence-electron chi connectivity index (χ0n) is 17.8. The van der Waals surface area contributed by atoms with E-state index in [-0.39, 0.29) is 6.79 Å². The molecule has 6 nitrogen and oxygen atoms in total. The van der Waals surface area contributed by atoms with Crippen LogP contribution < -0.4 is 4.74 Å². The molecule has 3 heterocycles. The smallest absolute Gasteiger partial charge is 0.188 e. The fourth-order valence-electron chi connectivity index (χ4n) is 3.91. The highest BCUT2D eigenvalue weighted by molar-refractivity contribution is 6.32. The van der Waals surface area contributed by atoms with Crippen LogP contribution in [0.3, 0.4) is 0 Å². The van der Waals surface area contributed by atoms with E-state index in [1.165, 1.54) is 0 Å². The lowest BCUT2D eigenvalue weighted by atomic mass is 10.1. The van der Waals surface area contributed by atoms with Crippen molar-refractivity contribution in [2.45, 2.75) is 32.9 Å². The highest BCUT2D eigenvalue weighted by atomic mass is 35.5. The van der Waals surface area contributed by atoms with Crippen LogP contribution in [-0.4, -0.2) is 47.8 Å². The quantitative estimate of drug-likeness (QED) is 0.511. The second-order valence-corrected chi connectivity index (χ2v) is 7.98. The van der Waals surface area contributed by atoms with E-state index in [9.17, 15) is 4.39 Å². The van der Waals surface area contributed by atoms with Gasteiger partial charge in [-0.3, -0.25) is 4.98 Å². The molecule has 1 unspecified atom stereocenters. The van der Waals surface area contributed by atoms with E-state index in [2.05, 4.69) is 9.55 Å². The molecule has 0 fully saturated rings. The summed E-state index contributed by atoms with van der Waals surface area (Å²) < 4.78 is 31.7. The van der Waals surface area contributed by atoms with Gasteiger partial charge in [0.1, 0.15) is 24.4 Å². The number of nitrogens with zero attached hydrogens (tertiary/aromatic N) is 3. The van der Waals surface area contributed by atoms with Crippen LogP contribution in [-0.2, 0) is 22.4 Å². The van der Waals surface area contributed by atoms with Crippen LogP contribution in [0.5, 0.6) is 5.75 Å². The number of rotatable bonds is 6. The zero-order chi connectivity index (χ0) is 22.0. The molecule has 0 bridgehead atoms. The Hall–Kier alpha value is -2.48. The summed E-state index contributed by atoms with van der Waals surface area (Å²) in [5.74, 6) is 1.25. The molecule has 4 rings (SSSR count). The number of hydrogen-bond acceptors (Lipinski definition) is 5. The number of ether oxygens (including phenoxy) is 3. The highest BCUT2D eigenvalue weighted by Crippen LogP contribution is 2.35. The fourth-order valence-corrected chi connectivity index (χ4v) is 4.15. The second kappa shape index (κ2) is 9.34. The first kappa shape index (κ1) is 21.7. The molecule has 0 aliphatic carbocycles. The van der Waals surface area contributed by atoms with Gasteiger partial charge in [0.15, 0.2) is 6.79 Å². The molecule has 1 aliphatic heterocycles. The van der Waals surface area contributed by atoms with Gasteiger partial charge in [-0.05, 0) is 44.2 Å². The van der Waals surface area contributed by atoms with Crippen molar-refractivity contribution in [3.05, 3.63) is 52.4 Å². The molecule has 1 atom stereocenters. The van der Waals surface area contributed by atoms with Crippen LogP contribution in [0, 0.1) is 13.8 Å². The Bertz CT molecular complexity index is 1070. The molecule has 0 saturated carbocycles. The van der Waals surface area contributed by atoms with Gasteiger partial charge >= 0.3 is 0 Å². The van der Waals surface area contributed by atoms with Gasteiger partial charge in [-0.2, -0.15) is 0 Å². The Morgan fingerprint density at radius 1 is 1.16 bits per heavy atom. The summed E-state index contributed by atoms with van der Waals surface area (Å²) in [5.41, 5.74) is 5.54. The molecule has 0 spiro atoms. The number of halogens is 2. The molecular formula is C23H25ClFN3O3. The lowest BCUT2D eigenvalue weighted by Gasteiger charge is -2.14. The van der Waals surface area contributed by atoms with E-state index in [0.717, 1.165) is 39.7 Å². The van der Waals surface area contributed by atoms with Crippen molar-refractivity contribution in [2.24, 2.45) is 0 Å². The summed E-state index contributed by atoms with van der Waals surface area (Å²) in [6.45, 7) is 4.32. The fraction of sp³-hybridized carbons (Fsp3) is 0.391. The van der Waals surface area contributed by atoms with Gasteiger partial charge < -0.3 is 18.8 Å². The molecule has 0 saturated heterocycles. The summed E-state index contributed by atoms with van der Waals surface area (Å²) in [6, 6.07) is 9.54. The average molecular weight is 446 g/mol. The maximum Gasteiger partial charge on any atom is 0.188 e. The van der Waals surface area contributed by atoms with Crippen molar-refractivity contribution in [3.63, 3.8) is 0 Å². The molecule has 8 heteroatoms. The maximum absolute atomic E-state index is 13.5. The van der Waals surface area contributed by atoms with Gasteiger partial charge in [0.05, 0.1) is 23.9 Å². The Kier molecular flexibility index (Phi) is 6.55. The standard InChI is InChI=1S/C23H25ClFN3O3/c1-14-8-17(9-15(2)26-14)22-20-6-7-30-18(11-25)12-28(20)23(27-22)16-4-5-21(19(24)10-16)31-13-29-3/h4-5,8-10,18H,6-7,11-13H2,1-3H3. The van der Waals surface area contributed by atoms with Crippen molar-refractivity contribution < 1.29 is 18.6 Å². The summed E-state index contributed by atoms with van der Waals surface area (Å²) in [6.07, 6.45) is 0.130. The van der Waals surface area contributed by atoms with Gasteiger partial charge in [-0.15, -0.1) is 0 Å². The molecule has 1 aliphatic rings. The van der Waals surface area contributed by atoms with E-state index in [0.29, 0.717) is 30.3 Å². The van der Waals surface area contributed by atoms with Crippen molar-refractivity contribution in [2.75, 3.05) is 27.2 Å². The highest BCUT2D eigenvalue weighted by Gasteiger charge is 2.26. The van der Waals surface area contributed by atoms with Crippen LogP contribution >= 0.6 is 11.6 Å². The maximum atomic E-state index is 13.5. The minimum atomic E-state index is -0.551. The minimum absolute atomic E-state index is 0.109. The molecule has 164 valence electrons. The first-order valence-corrected chi connectivity index (χ1v) is 10.5. The lowest BCUT2D eigenvalue weighted by Crippen LogP contribution is -2.21. The molecule has 1 aromatic carbocycles. The van der Waals surface area contributed by atoms with Gasteiger partial charge in [0.25, 0.3) is 0 Å². The number of pyridine rings is 1. The number of fused-ring (bicyclic) bond motifs is 1. The Morgan fingerprint density at radius 3 is 2.61 bits per heavy atom. The van der Waals surface area contributed by atoms with Crippen molar-refractivity contribution in [3.8, 4) is 28.4 Å². The number of imidazole rings is 1. The van der Waals surface area contributed by atoms with E-state index >= 15 is 0 Å².